The average molecular weight is 298 g/mol. The highest BCUT2D eigenvalue weighted by Gasteiger charge is 2.00. The Morgan fingerprint density at radius 3 is 2.67 bits per heavy atom. The van der Waals surface area contributed by atoms with Gasteiger partial charge in [-0.3, -0.25) is 4.98 Å². The summed E-state index contributed by atoms with van der Waals surface area (Å²) in [6.45, 7) is 0. The number of hydrogen-bond acceptors (Lipinski definition) is 2. The van der Waals surface area contributed by atoms with Crippen molar-refractivity contribution in [2.45, 2.75) is 12.2 Å². The molecule has 0 atom stereocenters. The first-order valence-corrected chi connectivity index (χ1v) is 7.58. The van der Waals surface area contributed by atoms with E-state index in [0.29, 0.717) is 10.0 Å². The Labute approximate surface area is 122 Å². The van der Waals surface area contributed by atoms with Crippen LogP contribution in [-0.4, -0.2) is 10.7 Å². The molecule has 1 heterocycles. The third-order valence-electron chi connectivity index (χ3n) is 2.48. The fourth-order valence-electron chi connectivity index (χ4n) is 1.54. The molecule has 1 aromatic heterocycles. The smallest absolute Gasteiger partial charge is 0.0595 e. The summed E-state index contributed by atoms with van der Waals surface area (Å²) < 4.78 is 0. The lowest BCUT2D eigenvalue weighted by atomic mass is 10.2. The lowest BCUT2D eigenvalue weighted by Crippen LogP contribution is -1.92. The van der Waals surface area contributed by atoms with E-state index in [1.54, 1.807) is 0 Å². The Kier molecular flexibility index (Phi) is 5.36. The standard InChI is InChI=1S/C14H13Cl2NS/c15-13-5-4-11(9-14(13)16)10-18-8-6-12-3-1-2-7-17-12/h1-5,7,9H,6,8,10H2. The van der Waals surface area contributed by atoms with Gasteiger partial charge >= 0.3 is 0 Å². The second-order valence-electron chi connectivity index (χ2n) is 3.87. The van der Waals surface area contributed by atoms with Crippen LogP contribution in [0, 0.1) is 0 Å². The average Bonchev–Trinajstić information content (AvgIpc) is 2.40. The topological polar surface area (TPSA) is 12.9 Å². The van der Waals surface area contributed by atoms with Gasteiger partial charge in [-0.2, -0.15) is 11.8 Å². The Bertz CT molecular complexity index is 502. The number of hydrogen-bond donors (Lipinski definition) is 0. The second-order valence-corrected chi connectivity index (χ2v) is 5.79. The third kappa shape index (κ3) is 4.20. The molecule has 0 saturated heterocycles. The molecule has 0 saturated carbocycles. The van der Waals surface area contributed by atoms with Crippen molar-refractivity contribution in [1.82, 2.24) is 4.98 Å². The summed E-state index contributed by atoms with van der Waals surface area (Å²) in [5, 5.41) is 1.23. The van der Waals surface area contributed by atoms with E-state index in [-0.39, 0.29) is 0 Å². The summed E-state index contributed by atoms with van der Waals surface area (Å²) >= 11 is 13.7. The number of halogens is 2. The highest BCUT2D eigenvalue weighted by atomic mass is 35.5. The summed E-state index contributed by atoms with van der Waals surface area (Å²) in [5.41, 5.74) is 2.34. The molecular formula is C14H13Cl2NS. The van der Waals surface area contributed by atoms with Crippen LogP contribution < -0.4 is 0 Å². The molecule has 1 nitrogen and oxygen atoms in total. The molecule has 4 heteroatoms. The van der Waals surface area contributed by atoms with Crippen molar-refractivity contribution >= 4 is 35.0 Å². The minimum Gasteiger partial charge on any atom is -0.261 e. The van der Waals surface area contributed by atoms with Gasteiger partial charge in [-0.1, -0.05) is 35.3 Å². The second kappa shape index (κ2) is 7.03. The Hall–Kier alpha value is -0.700. The molecule has 0 aliphatic rings. The third-order valence-corrected chi connectivity index (χ3v) is 4.25. The minimum atomic E-state index is 0.610. The largest absolute Gasteiger partial charge is 0.261 e. The Balaban J connectivity index is 1.77. The molecule has 0 radical (unpaired) electrons. The van der Waals surface area contributed by atoms with Crippen molar-refractivity contribution in [1.29, 1.82) is 0 Å². The van der Waals surface area contributed by atoms with E-state index in [9.17, 15) is 0 Å². The maximum Gasteiger partial charge on any atom is 0.0595 e. The molecule has 0 fully saturated rings. The molecule has 0 spiro atoms. The first-order chi connectivity index (χ1) is 8.75. The van der Waals surface area contributed by atoms with E-state index in [4.69, 9.17) is 23.2 Å². The van der Waals surface area contributed by atoms with Crippen LogP contribution in [0.1, 0.15) is 11.3 Å². The van der Waals surface area contributed by atoms with Crippen molar-refractivity contribution in [3.8, 4) is 0 Å². The molecule has 0 unspecified atom stereocenters. The van der Waals surface area contributed by atoms with Crippen LogP contribution in [0.25, 0.3) is 0 Å². The van der Waals surface area contributed by atoms with Crippen molar-refractivity contribution in [2.75, 3.05) is 5.75 Å². The normalized spacial score (nSPS) is 10.6. The molecule has 2 aromatic rings. The van der Waals surface area contributed by atoms with Gasteiger partial charge in [0.1, 0.15) is 0 Å². The summed E-state index contributed by atoms with van der Waals surface area (Å²) in [4.78, 5) is 4.30. The fraction of sp³-hybridized carbons (Fsp3) is 0.214. The minimum absolute atomic E-state index is 0.610. The molecule has 0 amide bonds. The van der Waals surface area contributed by atoms with Crippen molar-refractivity contribution < 1.29 is 0 Å². The van der Waals surface area contributed by atoms with E-state index < -0.39 is 0 Å². The summed E-state index contributed by atoms with van der Waals surface area (Å²) in [6, 6.07) is 11.8. The number of rotatable bonds is 5. The number of benzene rings is 1. The molecule has 1 aromatic carbocycles. The van der Waals surface area contributed by atoms with Crippen LogP contribution in [0.4, 0.5) is 0 Å². The zero-order valence-electron chi connectivity index (χ0n) is 9.77. The van der Waals surface area contributed by atoms with Crippen LogP contribution >= 0.6 is 35.0 Å². The number of pyridine rings is 1. The monoisotopic (exact) mass is 297 g/mol. The van der Waals surface area contributed by atoms with Crippen LogP contribution in [0.5, 0.6) is 0 Å². The first-order valence-electron chi connectivity index (χ1n) is 5.67. The van der Waals surface area contributed by atoms with Gasteiger partial charge in [0.05, 0.1) is 10.0 Å². The molecular weight excluding hydrogens is 285 g/mol. The first kappa shape index (κ1) is 13.7. The zero-order chi connectivity index (χ0) is 12.8. The lowest BCUT2D eigenvalue weighted by molar-refractivity contribution is 1.05. The van der Waals surface area contributed by atoms with Crippen molar-refractivity contribution in [3.05, 3.63) is 63.9 Å². The number of aromatic nitrogens is 1. The van der Waals surface area contributed by atoms with Crippen LogP contribution in [0.15, 0.2) is 42.6 Å². The molecule has 0 aliphatic carbocycles. The Morgan fingerprint density at radius 2 is 1.94 bits per heavy atom. The van der Waals surface area contributed by atoms with Gasteiger partial charge in [-0.25, -0.2) is 0 Å². The summed E-state index contributed by atoms with van der Waals surface area (Å²) in [5.74, 6) is 2.00. The maximum absolute atomic E-state index is 5.97. The summed E-state index contributed by atoms with van der Waals surface area (Å²) in [6.07, 6.45) is 2.83. The van der Waals surface area contributed by atoms with Crippen LogP contribution in [0.3, 0.4) is 0 Å². The zero-order valence-corrected chi connectivity index (χ0v) is 12.1. The van der Waals surface area contributed by atoms with Gasteiger partial charge in [0.15, 0.2) is 0 Å². The Morgan fingerprint density at radius 1 is 1.06 bits per heavy atom. The maximum atomic E-state index is 5.97. The predicted molar refractivity (Wildman–Crippen MR) is 80.6 cm³/mol. The SMILES string of the molecule is Clc1ccc(CSCCc2ccccn2)cc1Cl. The molecule has 94 valence electrons. The van der Waals surface area contributed by atoms with E-state index in [0.717, 1.165) is 23.6 Å². The quantitative estimate of drug-likeness (QED) is 0.731. The van der Waals surface area contributed by atoms with E-state index in [1.807, 2.05) is 48.3 Å². The van der Waals surface area contributed by atoms with Gasteiger partial charge < -0.3 is 0 Å². The molecule has 0 bridgehead atoms. The van der Waals surface area contributed by atoms with Gasteiger partial charge in [-0.15, -0.1) is 0 Å². The highest BCUT2D eigenvalue weighted by Crippen LogP contribution is 2.24. The molecule has 0 N–H and O–H groups in total. The van der Waals surface area contributed by atoms with Crippen LogP contribution in [-0.2, 0) is 12.2 Å². The molecule has 18 heavy (non-hydrogen) atoms. The van der Waals surface area contributed by atoms with Crippen molar-refractivity contribution in [3.63, 3.8) is 0 Å². The number of nitrogens with zero attached hydrogens (tertiary/aromatic N) is 1. The van der Waals surface area contributed by atoms with Gasteiger partial charge in [-0.05, 0) is 42.0 Å². The van der Waals surface area contributed by atoms with Crippen molar-refractivity contribution in [2.24, 2.45) is 0 Å². The predicted octanol–water partition coefficient (Wildman–Crippen LogP) is 4.86. The van der Waals surface area contributed by atoms with E-state index >= 15 is 0 Å². The van der Waals surface area contributed by atoms with Crippen LogP contribution in [0.2, 0.25) is 10.0 Å². The summed E-state index contributed by atoms with van der Waals surface area (Å²) in [7, 11) is 0. The lowest BCUT2D eigenvalue weighted by Gasteiger charge is -2.03. The number of thioether (sulfide) groups is 1. The molecule has 0 aliphatic heterocycles. The van der Waals surface area contributed by atoms with Gasteiger partial charge in [0.2, 0.25) is 0 Å². The van der Waals surface area contributed by atoms with Gasteiger partial charge in [0.25, 0.3) is 0 Å². The van der Waals surface area contributed by atoms with E-state index in [2.05, 4.69) is 11.1 Å². The van der Waals surface area contributed by atoms with Gasteiger partial charge in [0, 0.05) is 17.6 Å². The fourth-order valence-corrected chi connectivity index (χ4v) is 2.78. The van der Waals surface area contributed by atoms with E-state index in [1.165, 1.54) is 5.56 Å². The number of aryl methyl sites for hydroxylation is 1. The molecule has 2 rings (SSSR count). The highest BCUT2D eigenvalue weighted by molar-refractivity contribution is 7.98.